The molecule has 3 aromatic carbocycles. The molecule has 6 atom stereocenters. The summed E-state index contributed by atoms with van der Waals surface area (Å²) >= 11 is 14.4. The van der Waals surface area contributed by atoms with Crippen LogP contribution < -0.4 is 4.90 Å². The van der Waals surface area contributed by atoms with Gasteiger partial charge in [-0.1, -0.05) is 42.0 Å². The van der Waals surface area contributed by atoms with Gasteiger partial charge in [-0.3, -0.25) is 24.1 Å². The van der Waals surface area contributed by atoms with Crippen LogP contribution in [0.4, 0.5) is 27.6 Å². The SMILES string of the molecule is CC(C)(C)N1C(=O)C2CC=C3C(CC4(Cl)C(=O)N(c5c(F)c(F)c(F)c(F)c5F)C(=O)C4(Cl)C3c3c(O)ccc4ccccc34)C2C1=O. The highest BCUT2D eigenvalue weighted by Crippen LogP contribution is 2.67. The normalized spacial score (nSPS) is 30.2. The fourth-order valence-electron chi connectivity index (χ4n) is 8.13. The minimum atomic E-state index is -2.74. The molecule has 6 unspecified atom stereocenters. The molecular weight excluding hydrogens is 682 g/mol. The Morgan fingerprint density at radius 1 is 0.812 bits per heavy atom. The maximum Gasteiger partial charge on any atom is 0.258 e. The van der Waals surface area contributed by atoms with E-state index in [2.05, 4.69) is 0 Å². The lowest BCUT2D eigenvalue weighted by Gasteiger charge is -2.51. The first-order valence-corrected chi connectivity index (χ1v) is 15.7. The predicted molar refractivity (Wildman–Crippen MR) is 164 cm³/mol. The molecule has 14 heteroatoms. The van der Waals surface area contributed by atoms with Crippen LogP contribution in [0.25, 0.3) is 10.8 Å². The number of aromatic hydroxyl groups is 1. The van der Waals surface area contributed by atoms with Gasteiger partial charge in [-0.15, -0.1) is 23.2 Å². The number of hydrogen-bond donors (Lipinski definition) is 1. The standard InChI is InChI=1S/C34H25Cl2F5N2O5/c1-32(2,3)43-28(45)16-10-9-15-17(19(16)29(43)46)12-33(35)30(47)42(27-25(40)23(38)22(37)24(39)26(27)41)31(48)34(33,36)21(15)20-14-7-5-4-6-13(14)8-11-18(20)44/h4-9,11,16-17,19,21,44H,10,12H2,1-3H3. The highest BCUT2D eigenvalue weighted by Gasteiger charge is 2.77. The zero-order valence-corrected chi connectivity index (χ0v) is 26.9. The van der Waals surface area contributed by atoms with Gasteiger partial charge in [-0.2, -0.15) is 0 Å². The number of rotatable bonds is 2. The van der Waals surface area contributed by atoms with Gasteiger partial charge >= 0.3 is 0 Å². The molecule has 2 aliphatic carbocycles. The fraction of sp³-hybridized carbons (Fsp3) is 0.353. The first-order valence-electron chi connectivity index (χ1n) is 15.0. The molecule has 7 rings (SSSR count). The number of likely N-dealkylation sites (tertiary alicyclic amines) is 1. The Kier molecular flexibility index (Phi) is 6.94. The Hall–Kier alpha value is -4.03. The molecule has 0 spiro atoms. The van der Waals surface area contributed by atoms with Crippen LogP contribution in [0, 0.1) is 46.8 Å². The molecule has 4 aliphatic rings. The molecule has 250 valence electrons. The molecule has 0 bridgehead atoms. The zero-order chi connectivity index (χ0) is 35.0. The Balaban J connectivity index is 1.52. The van der Waals surface area contributed by atoms with E-state index in [9.17, 15) is 37.5 Å². The average Bonchev–Trinajstić information content (AvgIpc) is 3.38. The summed E-state index contributed by atoms with van der Waals surface area (Å²) in [4.78, 5) is 52.0. The van der Waals surface area contributed by atoms with Crippen molar-refractivity contribution >= 4 is 63.3 Å². The minimum Gasteiger partial charge on any atom is -0.508 e. The van der Waals surface area contributed by atoms with Crippen molar-refractivity contribution in [2.24, 2.45) is 17.8 Å². The second-order valence-corrected chi connectivity index (χ2v) is 14.8. The topological polar surface area (TPSA) is 95.0 Å². The van der Waals surface area contributed by atoms with Crippen molar-refractivity contribution < 1.29 is 46.2 Å². The third-order valence-electron chi connectivity index (χ3n) is 10.1. The number of benzene rings is 3. The number of allylic oxidation sites excluding steroid dienone is 2. The minimum absolute atomic E-state index is 0.00142. The summed E-state index contributed by atoms with van der Waals surface area (Å²) in [5.74, 6) is -21.6. The molecule has 2 saturated heterocycles. The van der Waals surface area contributed by atoms with Gasteiger partial charge in [0, 0.05) is 17.0 Å². The van der Waals surface area contributed by atoms with Crippen molar-refractivity contribution in [3.8, 4) is 5.75 Å². The van der Waals surface area contributed by atoms with E-state index < -0.39 is 110 Å². The van der Waals surface area contributed by atoms with E-state index in [1.54, 1.807) is 57.2 Å². The molecule has 2 heterocycles. The van der Waals surface area contributed by atoms with Gasteiger partial charge in [0.1, 0.15) is 11.4 Å². The predicted octanol–water partition coefficient (Wildman–Crippen LogP) is 6.60. The second kappa shape index (κ2) is 10.2. The molecule has 4 amide bonds. The summed E-state index contributed by atoms with van der Waals surface area (Å²) in [6, 6.07) is 9.45. The zero-order valence-electron chi connectivity index (χ0n) is 25.4. The number of carbonyl (C=O) groups is 4. The Labute approximate surface area is 279 Å². The van der Waals surface area contributed by atoms with E-state index in [4.69, 9.17) is 23.2 Å². The summed E-state index contributed by atoms with van der Waals surface area (Å²) in [5, 5.41) is 12.3. The number of carbonyl (C=O) groups excluding carboxylic acids is 4. The highest BCUT2D eigenvalue weighted by atomic mass is 35.5. The highest BCUT2D eigenvalue weighted by molar-refractivity contribution is 6.58. The molecule has 7 nitrogen and oxygen atoms in total. The van der Waals surface area contributed by atoms with E-state index in [1.165, 1.54) is 6.07 Å². The van der Waals surface area contributed by atoms with Gasteiger partial charge in [0.05, 0.1) is 11.8 Å². The summed E-state index contributed by atoms with van der Waals surface area (Å²) < 4.78 is 73.4. The lowest BCUT2D eigenvalue weighted by atomic mass is 9.56. The average molecular weight is 707 g/mol. The number of imide groups is 2. The van der Waals surface area contributed by atoms with Crippen LogP contribution in [-0.4, -0.2) is 48.9 Å². The third-order valence-corrected chi connectivity index (χ3v) is 11.5. The van der Waals surface area contributed by atoms with Crippen molar-refractivity contribution in [2.45, 2.75) is 54.8 Å². The van der Waals surface area contributed by atoms with Gasteiger partial charge in [-0.25, -0.2) is 26.9 Å². The quantitative estimate of drug-likeness (QED) is 0.0810. The molecule has 2 aliphatic heterocycles. The van der Waals surface area contributed by atoms with E-state index in [1.807, 2.05) is 0 Å². The van der Waals surface area contributed by atoms with Crippen molar-refractivity contribution in [3.05, 3.63) is 82.7 Å². The maximum atomic E-state index is 15.2. The van der Waals surface area contributed by atoms with Crippen LogP contribution in [0.1, 0.15) is 45.1 Å². The van der Waals surface area contributed by atoms with Crippen LogP contribution in [-0.2, 0) is 19.2 Å². The Morgan fingerprint density at radius 2 is 1.42 bits per heavy atom. The molecule has 1 saturated carbocycles. The van der Waals surface area contributed by atoms with Crippen molar-refractivity contribution in [1.29, 1.82) is 0 Å². The molecule has 0 aromatic heterocycles. The fourth-order valence-corrected chi connectivity index (χ4v) is 9.05. The third kappa shape index (κ3) is 3.87. The van der Waals surface area contributed by atoms with Gasteiger partial charge in [0.2, 0.25) is 17.6 Å². The largest absolute Gasteiger partial charge is 0.508 e. The molecular formula is C34H25Cl2F5N2O5. The second-order valence-electron chi connectivity index (χ2n) is 13.6. The maximum absolute atomic E-state index is 15.2. The van der Waals surface area contributed by atoms with Gasteiger partial charge < -0.3 is 5.11 Å². The number of phenols is 1. The van der Waals surface area contributed by atoms with E-state index in [0.29, 0.717) is 10.8 Å². The molecule has 0 radical (unpaired) electrons. The molecule has 1 N–H and O–H groups in total. The lowest BCUT2D eigenvalue weighted by molar-refractivity contribution is -0.145. The Morgan fingerprint density at radius 3 is 2.04 bits per heavy atom. The number of hydrogen-bond acceptors (Lipinski definition) is 5. The van der Waals surface area contributed by atoms with E-state index >= 15 is 8.78 Å². The van der Waals surface area contributed by atoms with Crippen LogP contribution in [0.15, 0.2) is 48.0 Å². The van der Waals surface area contributed by atoms with Crippen molar-refractivity contribution in [3.63, 3.8) is 0 Å². The van der Waals surface area contributed by atoms with Gasteiger partial charge in [0.25, 0.3) is 11.8 Å². The first kappa shape index (κ1) is 32.5. The molecule has 48 heavy (non-hydrogen) atoms. The monoisotopic (exact) mass is 706 g/mol. The first-order chi connectivity index (χ1) is 22.4. The number of phenolic OH excluding ortho intramolecular Hbond substituents is 1. The summed E-state index contributed by atoms with van der Waals surface area (Å²) in [7, 11) is 0. The summed E-state index contributed by atoms with van der Waals surface area (Å²) in [5.41, 5.74) is -2.57. The summed E-state index contributed by atoms with van der Waals surface area (Å²) in [6.07, 6.45) is 0.969. The Bertz CT molecular complexity index is 2040. The number of fused-ring (bicyclic) bond motifs is 5. The van der Waals surface area contributed by atoms with Gasteiger partial charge in [0.15, 0.2) is 33.0 Å². The number of nitrogens with zero attached hydrogens (tertiary/aromatic N) is 2. The van der Waals surface area contributed by atoms with E-state index in [-0.39, 0.29) is 22.5 Å². The van der Waals surface area contributed by atoms with Crippen LogP contribution >= 0.6 is 23.2 Å². The summed E-state index contributed by atoms with van der Waals surface area (Å²) in [6.45, 7) is 5.00. The molecule has 3 aromatic rings. The lowest BCUT2D eigenvalue weighted by Crippen LogP contribution is -2.60. The smallest absolute Gasteiger partial charge is 0.258 e. The number of alkyl halides is 2. The van der Waals surface area contributed by atoms with Crippen molar-refractivity contribution in [2.75, 3.05) is 4.90 Å². The van der Waals surface area contributed by atoms with Crippen molar-refractivity contribution in [1.82, 2.24) is 4.90 Å². The number of amides is 4. The molecule has 3 fully saturated rings. The van der Waals surface area contributed by atoms with Crippen LogP contribution in [0.5, 0.6) is 5.75 Å². The number of anilines is 1. The van der Waals surface area contributed by atoms with Crippen LogP contribution in [0.3, 0.4) is 0 Å². The van der Waals surface area contributed by atoms with E-state index in [0.717, 1.165) is 4.90 Å². The van der Waals surface area contributed by atoms with Crippen LogP contribution in [0.2, 0.25) is 0 Å². The van der Waals surface area contributed by atoms with Gasteiger partial charge in [-0.05, 0) is 56.4 Å². The number of halogens is 7.